The van der Waals surface area contributed by atoms with Crippen molar-refractivity contribution < 1.29 is 31.5 Å². The zero-order chi connectivity index (χ0) is 22.5. The van der Waals surface area contributed by atoms with E-state index in [0.717, 1.165) is 18.8 Å². The molecule has 14 heteroatoms. The highest BCUT2D eigenvalue weighted by Crippen LogP contribution is 2.28. The summed E-state index contributed by atoms with van der Waals surface area (Å²) in [7, 11) is -3.69. The normalized spacial score (nSPS) is 19.0. The number of carboxylic acid groups (broad SMARTS) is 1. The van der Waals surface area contributed by atoms with Gasteiger partial charge in [0, 0.05) is 24.2 Å². The summed E-state index contributed by atoms with van der Waals surface area (Å²) in [5.74, 6) is -2.27. The Morgan fingerprint density at radius 1 is 1.37 bits per heavy atom. The molecule has 1 fully saturated rings. The summed E-state index contributed by atoms with van der Waals surface area (Å²) in [6.45, 7) is 3.98. The van der Waals surface area contributed by atoms with Gasteiger partial charge < -0.3 is 15.7 Å². The molecule has 1 saturated heterocycles. The second-order valence-electron chi connectivity index (χ2n) is 6.27. The fourth-order valence-corrected chi connectivity index (χ4v) is 4.55. The van der Waals surface area contributed by atoms with E-state index in [9.17, 15) is 21.6 Å². The van der Waals surface area contributed by atoms with Gasteiger partial charge in [-0.15, -0.1) is 11.3 Å². The molecule has 1 aliphatic heterocycles. The largest absolute Gasteiger partial charge is 0.490 e. The lowest BCUT2D eigenvalue weighted by atomic mass is 10.1. The van der Waals surface area contributed by atoms with Crippen LogP contribution in [0.4, 0.5) is 24.0 Å². The van der Waals surface area contributed by atoms with Gasteiger partial charge in [0.25, 0.3) is 10.0 Å². The van der Waals surface area contributed by atoms with E-state index in [4.69, 9.17) is 21.5 Å². The van der Waals surface area contributed by atoms with Crippen molar-refractivity contribution in [2.45, 2.75) is 24.0 Å². The lowest BCUT2D eigenvalue weighted by Gasteiger charge is -2.19. The van der Waals surface area contributed by atoms with Crippen LogP contribution in [0.1, 0.15) is 6.92 Å². The minimum Gasteiger partial charge on any atom is -0.475 e. The van der Waals surface area contributed by atoms with Gasteiger partial charge in [0.1, 0.15) is 0 Å². The van der Waals surface area contributed by atoms with Crippen molar-refractivity contribution in [1.29, 1.82) is 0 Å². The van der Waals surface area contributed by atoms with Crippen LogP contribution in [-0.2, 0) is 14.8 Å². The van der Waals surface area contributed by atoms with Crippen LogP contribution < -0.4 is 15.4 Å². The summed E-state index contributed by atoms with van der Waals surface area (Å²) in [5.41, 5.74) is 0.736. The number of thiazole rings is 1. The summed E-state index contributed by atoms with van der Waals surface area (Å²) < 4.78 is 58.8. The van der Waals surface area contributed by atoms with Crippen LogP contribution in [0.2, 0.25) is 5.02 Å². The van der Waals surface area contributed by atoms with Crippen molar-refractivity contribution >= 4 is 49.7 Å². The maximum Gasteiger partial charge on any atom is 0.490 e. The van der Waals surface area contributed by atoms with Gasteiger partial charge in [-0.05, 0) is 30.7 Å². The number of aromatic nitrogens is 1. The van der Waals surface area contributed by atoms with Gasteiger partial charge in [-0.25, -0.2) is 18.2 Å². The summed E-state index contributed by atoms with van der Waals surface area (Å²) in [5, 5.41) is 16.2. The van der Waals surface area contributed by atoms with Gasteiger partial charge >= 0.3 is 12.1 Å². The summed E-state index contributed by atoms with van der Waals surface area (Å²) >= 11 is 7.47. The molecule has 1 aliphatic rings. The third kappa shape index (κ3) is 6.72. The van der Waals surface area contributed by atoms with E-state index in [0.29, 0.717) is 16.1 Å². The molecule has 8 nitrogen and oxygen atoms in total. The number of nitrogens with one attached hydrogen (secondary N) is 3. The number of hydrogen-bond acceptors (Lipinski definition) is 7. The van der Waals surface area contributed by atoms with Gasteiger partial charge in [-0.3, -0.25) is 4.72 Å². The number of nitrogens with zero attached hydrogens (tertiary/aromatic N) is 1. The summed E-state index contributed by atoms with van der Waals surface area (Å²) in [4.78, 5) is 12.9. The Labute approximate surface area is 179 Å². The lowest BCUT2D eigenvalue weighted by molar-refractivity contribution is -0.192. The Kier molecular flexibility index (Phi) is 7.91. The van der Waals surface area contributed by atoms with Crippen molar-refractivity contribution in [2.75, 3.05) is 23.1 Å². The number of anilines is 2. The fourth-order valence-electron chi connectivity index (χ4n) is 2.43. The molecule has 0 amide bonds. The number of aliphatic carboxylic acids is 1. The highest BCUT2D eigenvalue weighted by molar-refractivity contribution is 7.93. The molecule has 0 unspecified atom stereocenters. The number of benzene rings is 1. The molecule has 30 heavy (non-hydrogen) atoms. The second kappa shape index (κ2) is 9.81. The maximum atomic E-state index is 12.3. The first kappa shape index (κ1) is 24.2. The molecule has 166 valence electrons. The summed E-state index contributed by atoms with van der Waals surface area (Å²) in [6, 6.07) is 4.97. The number of hydrogen-bond donors (Lipinski definition) is 4. The van der Waals surface area contributed by atoms with Gasteiger partial charge in [-0.1, -0.05) is 18.5 Å². The minimum atomic E-state index is -5.08. The molecule has 0 saturated carbocycles. The molecule has 3 rings (SSSR count). The number of halogens is 4. The third-order valence-corrected chi connectivity index (χ3v) is 6.47. The lowest BCUT2D eigenvalue weighted by Crippen LogP contribution is -2.26. The van der Waals surface area contributed by atoms with Crippen LogP contribution in [0.5, 0.6) is 0 Å². The molecule has 2 aromatic rings. The molecule has 2 atom stereocenters. The van der Waals surface area contributed by atoms with Gasteiger partial charge in [-0.2, -0.15) is 13.2 Å². The van der Waals surface area contributed by atoms with Gasteiger partial charge in [0.05, 0.1) is 15.6 Å². The highest BCUT2D eigenvalue weighted by atomic mass is 35.5. The second-order valence-corrected chi connectivity index (χ2v) is 9.26. The van der Waals surface area contributed by atoms with E-state index in [1.165, 1.54) is 23.5 Å². The molecule has 0 bridgehead atoms. The quantitative estimate of drug-likeness (QED) is 0.512. The molecular weight excluding hydrogens is 469 g/mol. The van der Waals surface area contributed by atoms with Crippen LogP contribution in [0.15, 0.2) is 34.7 Å². The number of rotatable bonds is 5. The Hall–Kier alpha value is -2.09. The monoisotopic (exact) mass is 486 g/mol. The molecule has 4 N–H and O–H groups in total. The van der Waals surface area contributed by atoms with Crippen molar-refractivity contribution in [1.82, 2.24) is 10.3 Å². The zero-order valence-corrected chi connectivity index (χ0v) is 17.8. The molecule has 2 heterocycles. The summed E-state index contributed by atoms with van der Waals surface area (Å²) in [6.07, 6.45) is -3.54. The van der Waals surface area contributed by atoms with Crippen LogP contribution in [-0.4, -0.2) is 49.8 Å². The third-order valence-electron chi connectivity index (χ3n) is 4.01. The highest BCUT2D eigenvalue weighted by Gasteiger charge is 2.38. The van der Waals surface area contributed by atoms with Crippen LogP contribution in [0.25, 0.3) is 0 Å². The first-order valence-corrected chi connectivity index (χ1v) is 11.1. The van der Waals surface area contributed by atoms with Crippen molar-refractivity contribution in [3.8, 4) is 0 Å². The zero-order valence-electron chi connectivity index (χ0n) is 15.4. The van der Waals surface area contributed by atoms with E-state index in [-0.39, 0.29) is 10.9 Å². The Bertz CT molecular complexity index is 971. The molecule has 1 aromatic carbocycles. The van der Waals surface area contributed by atoms with Crippen LogP contribution >= 0.6 is 22.9 Å². The molecule has 0 aliphatic carbocycles. The van der Waals surface area contributed by atoms with Crippen molar-refractivity contribution in [2.24, 2.45) is 5.92 Å². The number of carbonyl (C=O) groups is 1. The molecule has 1 aromatic heterocycles. The predicted molar refractivity (Wildman–Crippen MR) is 108 cm³/mol. The van der Waals surface area contributed by atoms with E-state index >= 15 is 0 Å². The first-order chi connectivity index (χ1) is 13.9. The van der Waals surface area contributed by atoms with Gasteiger partial charge in [0.15, 0.2) is 5.13 Å². The molecule has 0 radical (unpaired) electrons. The van der Waals surface area contributed by atoms with Crippen LogP contribution in [0, 0.1) is 5.92 Å². The number of carboxylic acids is 1. The van der Waals surface area contributed by atoms with E-state index < -0.39 is 22.2 Å². The molecular formula is C16H18ClF3N4O4S2. The first-order valence-electron chi connectivity index (χ1n) is 8.39. The van der Waals surface area contributed by atoms with E-state index in [1.807, 2.05) is 0 Å². The maximum absolute atomic E-state index is 12.3. The minimum absolute atomic E-state index is 0.112. The van der Waals surface area contributed by atoms with Crippen LogP contribution in [0.3, 0.4) is 0 Å². The number of alkyl halides is 3. The standard InChI is InChI=1S/C14H17ClN4O2S2.C2HF3O2/c1-9-7-16-8-13(9)18-12-3-2-10(6-11(12)15)23(20,21)19-14-17-4-5-22-14;3-2(4,5)1(6)7/h2-6,9,13,16,18H,7-8H2,1H3,(H,17,19);(H,6,7)/t9-,13-;/m1./s1. The number of sulfonamides is 1. The van der Waals surface area contributed by atoms with Gasteiger partial charge in [0.2, 0.25) is 0 Å². The Morgan fingerprint density at radius 3 is 2.50 bits per heavy atom. The molecule has 0 spiro atoms. The SMILES string of the molecule is C[C@@H]1CNC[C@H]1Nc1ccc(S(=O)(=O)Nc2nccs2)cc1Cl.O=C(O)C(F)(F)F. The Balaban J connectivity index is 0.000000396. The Morgan fingerprint density at radius 2 is 2.03 bits per heavy atom. The van der Waals surface area contributed by atoms with Crippen molar-refractivity contribution in [3.05, 3.63) is 34.8 Å². The average molecular weight is 487 g/mol. The fraction of sp³-hybridized carbons (Fsp3) is 0.375. The van der Waals surface area contributed by atoms with E-state index in [1.54, 1.807) is 17.6 Å². The topological polar surface area (TPSA) is 120 Å². The van der Waals surface area contributed by atoms with Crippen molar-refractivity contribution in [3.63, 3.8) is 0 Å². The smallest absolute Gasteiger partial charge is 0.475 e. The average Bonchev–Trinajstić information content (AvgIpc) is 3.28. The van der Waals surface area contributed by atoms with E-state index in [2.05, 4.69) is 27.3 Å². The predicted octanol–water partition coefficient (Wildman–Crippen LogP) is 3.25.